The van der Waals surface area contributed by atoms with Gasteiger partial charge in [-0.1, -0.05) is 26.0 Å². The molecule has 1 aliphatic heterocycles. The van der Waals surface area contributed by atoms with Gasteiger partial charge in [-0.3, -0.25) is 14.5 Å². The number of hydrogen-bond acceptors (Lipinski definition) is 3. The SMILES string of the molecule is CC(C)CNC(=O)c1cccc(CN2CCC(C(=O)O)CC2)c1. The molecule has 0 atom stereocenters. The van der Waals surface area contributed by atoms with E-state index < -0.39 is 5.97 Å². The molecule has 2 N–H and O–H groups in total. The van der Waals surface area contributed by atoms with Crippen LogP contribution in [0.25, 0.3) is 0 Å². The van der Waals surface area contributed by atoms with Gasteiger partial charge in [0.15, 0.2) is 0 Å². The summed E-state index contributed by atoms with van der Waals surface area (Å²) in [5, 5.41) is 12.0. The maximum atomic E-state index is 12.1. The zero-order valence-corrected chi connectivity index (χ0v) is 13.9. The Labute approximate surface area is 137 Å². The van der Waals surface area contributed by atoms with Crippen molar-refractivity contribution >= 4 is 11.9 Å². The lowest BCUT2D eigenvalue weighted by Gasteiger charge is -2.30. The minimum absolute atomic E-state index is 0.0369. The highest BCUT2D eigenvalue weighted by atomic mass is 16.4. The Kier molecular flexibility index (Phi) is 6.16. The number of carboxylic acid groups (broad SMARTS) is 1. The van der Waals surface area contributed by atoms with Gasteiger partial charge in [0.1, 0.15) is 0 Å². The number of carbonyl (C=O) groups excluding carboxylic acids is 1. The predicted octanol–water partition coefficient (Wildman–Crippen LogP) is 2.37. The number of carbonyl (C=O) groups is 2. The van der Waals surface area contributed by atoms with Crippen LogP contribution in [0.3, 0.4) is 0 Å². The Morgan fingerprint density at radius 3 is 2.61 bits per heavy atom. The third-order valence-corrected chi connectivity index (χ3v) is 4.20. The first-order valence-electron chi connectivity index (χ1n) is 8.28. The number of piperidine rings is 1. The average Bonchev–Trinajstić information content (AvgIpc) is 2.53. The van der Waals surface area contributed by atoms with Gasteiger partial charge in [-0.25, -0.2) is 0 Å². The molecular formula is C18H26N2O3. The summed E-state index contributed by atoms with van der Waals surface area (Å²) in [7, 11) is 0. The van der Waals surface area contributed by atoms with Crippen molar-refractivity contribution in [2.24, 2.45) is 11.8 Å². The van der Waals surface area contributed by atoms with Gasteiger partial charge in [0.05, 0.1) is 5.92 Å². The van der Waals surface area contributed by atoms with Crippen molar-refractivity contribution in [3.05, 3.63) is 35.4 Å². The molecular weight excluding hydrogens is 292 g/mol. The molecule has 5 heteroatoms. The Hall–Kier alpha value is -1.88. The van der Waals surface area contributed by atoms with Crippen LogP contribution in [0.2, 0.25) is 0 Å². The summed E-state index contributed by atoms with van der Waals surface area (Å²) in [6.07, 6.45) is 1.40. The van der Waals surface area contributed by atoms with Crippen molar-refractivity contribution in [3.8, 4) is 0 Å². The number of likely N-dealkylation sites (tertiary alicyclic amines) is 1. The molecule has 1 aromatic carbocycles. The molecule has 0 aromatic heterocycles. The topological polar surface area (TPSA) is 69.6 Å². The van der Waals surface area contributed by atoms with E-state index in [4.69, 9.17) is 5.11 Å². The van der Waals surface area contributed by atoms with Gasteiger partial charge in [-0.15, -0.1) is 0 Å². The number of nitrogens with zero attached hydrogens (tertiary/aromatic N) is 1. The van der Waals surface area contributed by atoms with E-state index in [1.54, 1.807) is 0 Å². The standard InChI is InChI=1S/C18H26N2O3/c1-13(2)11-19-17(21)16-5-3-4-14(10-16)12-20-8-6-15(7-9-20)18(22)23/h3-5,10,13,15H,6-9,11-12H2,1-2H3,(H,19,21)(H,22,23). The van der Waals surface area contributed by atoms with Crippen LogP contribution in [0.15, 0.2) is 24.3 Å². The first-order chi connectivity index (χ1) is 11.0. The minimum Gasteiger partial charge on any atom is -0.481 e. The van der Waals surface area contributed by atoms with E-state index in [0.29, 0.717) is 30.9 Å². The molecule has 0 aliphatic carbocycles. The van der Waals surface area contributed by atoms with E-state index in [0.717, 1.165) is 25.2 Å². The molecule has 1 amide bonds. The normalized spacial score (nSPS) is 16.5. The smallest absolute Gasteiger partial charge is 0.306 e. The fraction of sp³-hybridized carbons (Fsp3) is 0.556. The Balaban J connectivity index is 1.90. The Bertz CT molecular complexity index is 549. The zero-order valence-electron chi connectivity index (χ0n) is 13.9. The summed E-state index contributed by atoms with van der Waals surface area (Å²) in [4.78, 5) is 25.4. The fourth-order valence-electron chi connectivity index (χ4n) is 2.81. The second-order valence-electron chi connectivity index (χ2n) is 6.69. The molecule has 1 aromatic rings. The zero-order chi connectivity index (χ0) is 16.8. The van der Waals surface area contributed by atoms with Crippen LogP contribution in [-0.4, -0.2) is 41.5 Å². The summed E-state index contributed by atoms with van der Waals surface area (Å²) >= 11 is 0. The van der Waals surface area contributed by atoms with Gasteiger partial charge >= 0.3 is 5.97 Å². The molecule has 1 fully saturated rings. The highest BCUT2D eigenvalue weighted by Gasteiger charge is 2.24. The number of amides is 1. The van der Waals surface area contributed by atoms with Crippen molar-refractivity contribution in [2.45, 2.75) is 33.2 Å². The molecule has 1 saturated heterocycles. The third kappa shape index (κ3) is 5.36. The van der Waals surface area contributed by atoms with Gasteiger partial charge in [0, 0.05) is 18.7 Å². The second-order valence-corrected chi connectivity index (χ2v) is 6.69. The van der Waals surface area contributed by atoms with Crippen molar-refractivity contribution in [3.63, 3.8) is 0 Å². The van der Waals surface area contributed by atoms with E-state index in [-0.39, 0.29) is 11.8 Å². The molecule has 0 radical (unpaired) electrons. The van der Waals surface area contributed by atoms with Crippen LogP contribution in [0.1, 0.15) is 42.6 Å². The number of benzene rings is 1. The van der Waals surface area contributed by atoms with E-state index in [9.17, 15) is 9.59 Å². The Morgan fingerprint density at radius 1 is 1.30 bits per heavy atom. The molecule has 1 heterocycles. The Morgan fingerprint density at radius 2 is 2.00 bits per heavy atom. The lowest BCUT2D eigenvalue weighted by atomic mass is 9.96. The minimum atomic E-state index is -0.687. The van der Waals surface area contributed by atoms with Crippen molar-refractivity contribution in [1.29, 1.82) is 0 Å². The number of rotatable bonds is 6. The quantitative estimate of drug-likeness (QED) is 0.845. The van der Waals surface area contributed by atoms with E-state index in [2.05, 4.69) is 24.1 Å². The fourth-order valence-corrected chi connectivity index (χ4v) is 2.81. The average molecular weight is 318 g/mol. The van der Waals surface area contributed by atoms with E-state index >= 15 is 0 Å². The molecule has 0 spiro atoms. The molecule has 126 valence electrons. The molecule has 0 saturated carbocycles. The summed E-state index contributed by atoms with van der Waals surface area (Å²) in [5.41, 5.74) is 1.78. The first-order valence-corrected chi connectivity index (χ1v) is 8.28. The maximum absolute atomic E-state index is 12.1. The molecule has 2 rings (SSSR count). The van der Waals surface area contributed by atoms with Crippen molar-refractivity contribution in [2.75, 3.05) is 19.6 Å². The lowest BCUT2D eigenvalue weighted by Crippen LogP contribution is -2.35. The van der Waals surface area contributed by atoms with Crippen molar-refractivity contribution < 1.29 is 14.7 Å². The van der Waals surface area contributed by atoms with Crippen LogP contribution < -0.4 is 5.32 Å². The third-order valence-electron chi connectivity index (χ3n) is 4.20. The molecule has 5 nitrogen and oxygen atoms in total. The van der Waals surface area contributed by atoms with Crippen LogP contribution >= 0.6 is 0 Å². The van der Waals surface area contributed by atoms with Crippen molar-refractivity contribution in [1.82, 2.24) is 10.2 Å². The van der Waals surface area contributed by atoms with Gasteiger partial charge in [0.25, 0.3) is 5.91 Å². The molecule has 1 aliphatic rings. The van der Waals surface area contributed by atoms with Crippen LogP contribution in [-0.2, 0) is 11.3 Å². The number of nitrogens with one attached hydrogen (secondary N) is 1. The molecule has 0 bridgehead atoms. The summed E-state index contributed by atoms with van der Waals surface area (Å²) in [5.74, 6) is -0.504. The monoisotopic (exact) mass is 318 g/mol. The number of carboxylic acids is 1. The maximum Gasteiger partial charge on any atom is 0.306 e. The summed E-state index contributed by atoms with van der Waals surface area (Å²) in [6.45, 7) is 7.15. The largest absolute Gasteiger partial charge is 0.481 e. The van der Waals surface area contributed by atoms with Gasteiger partial charge in [-0.05, 0) is 49.5 Å². The van der Waals surface area contributed by atoms with Crippen LogP contribution in [0, 0.1) is 11.8 Å². The van der Waals surface area contributed by atoms with Crippen LogP contribution in [0.4, 0.5) is 0 Å². The summed E-state index contributed by atoms with van der Waals surface area (Å²) in [6, 6.07) is 7.68. The molecule has 23 heavy (non-hydrogen) atoms. The highest BCUT2D eigenvalue weighted by molar-refractivity contribution is 5.94. The van der Waals surface area contributed by atoms with E-state index in [1.165, 1.54) is 0 Å². The summed E-state index contributed by atoms with van der Waals surface area (Å²) < 4.78 is 0. The predicted molar refractivity (Wildman–Crippen MR) is 89.3 cm³/mol. The number of aliphatic carboxylic acids is 1. The van der Waals surface area contributed by atoms with Gasteiger partial charge < -0.3 is 10.4 Å². The second kappa shape index (κ2) is 8.11. The van der Waals surface area contributed by atoms with Gasteiger partial charge in [0.2, 0.25) is 0 Å². The van der Waals surface area contributed by atoms with E-state index in [1.807, 2.05) is 24.3 Å². The van der Waals surface area contributed by atoms with Gasteiger partial charge in [-0.2, -0.15) is 0 Å². The number of hydrogen-bond donors (Lipinski definition) is 2. The van der Waals surface area contributed by atoms with Crippen LogP contribution in [0.5, 0.6) is 0 Å². The molecule has 0 unspecified atom stereocenters. The lowest BCUT2D eigenvalue weighted by molar-refractivity contribution is -0.143. The first kappa shape index (κ1) is 17.5. The highest BCUT2D eigenvalue weighted by Crippen LogP contribution is 2.19.